The quantitative estimate of drug-likeness (QED) is 0.314. The SMILES string of the molecule is CC(C)c1ccc(I)cc1.FC(F)(F)c1cccc(C(F)(F)F)c1. The van der Waals surface area contributed by atoms with Gasteiger partial charge in [0, 0.05) is 3.57 Å². The van der Waals surface area contributed by atoms with Crippen molar-refractivity contribution in [2.75, 3.05) is 0 Å². The summed E-state index contributed by atoms with van der Waals surface area (Å²) in [5.74, 6) is 0.650. The summed E-state index contributed by atoms with van der Waals surface area (Å²) in [5, 5.41) is 0. The maximum Gasteiger partial charge on any atom is 0.416 e. The summed E-state index contributed by atoms with van der Waals surface area (Å²) in [7, 11) is 0. The molecule has 2 aromatic rings. The van der Waals surface area contributed by atoms with E-state index in [4.69, 9.17) is 0 Å². The number of hydrogen-bond acceptors (Lipinski definition) is 0. The number of hydrogen-bond donors (Lipinski definition) is 0. The fraction of sp³-hybridized carbons (Fsp3) is 0.294. The highest BCUT2D eigenvalue weighted by atomic mass is 127. The molecule has 0 atom stereocenters. The van der Waals surface area contributed by atoms with Gasteiger partial charge < -0.3 is 0 Å². The Hall–Kier alpha value is -1.25. The van der Waals surface area contributed by atoms with E-state index in [0.717, 1.165) is 6.07 Å². The van der Waals surface area contributed by atoms with Gasteiger partial charge in [-0.2, -0.15) is 26.3 Å². The van der Waals surface area contributed by atoms with E-state index in [1.165, 1.54) is 9.13 Å². The molecule has 0 bridgehead atoms. The van der Waals surface area contributed by atoms with Crippen LogP contribution < -0.4 is 0 Å². The molecule has 0 spiro atoms. The average Bonchev–Trinajstić information content (AvgIpc) is 2.47. The molecule has 2 aromatic carbocycles. The van der Waals surface area contributed by atoms with Crippen molar-refractivity contribution < 1.29 is 26.3 Å². The van der Waals surface area contributed by atoms with Gasteiger partial charge in [0.05, 0.1) is 11.1 Å². The van der Waals surface area contributed by atoms with Crippen molar-refractivity contribution >= 4 is 22.6 Å². The molecule has 0 fully saturated rings. The van der Waals surface area contributed by atoms with Gasteiger partial charge >= 0.3 is 12.4 Å². The average molecular weight is 460 g/mol. The first kappa shape index (κ1) is 20.8. The van der Waals surface area contributed by atoms with Crippen LogP contribution in [0.3, 0.4) is 0 Å². The maximum atomic E-state index is 12.0. The first-order chi connectivity index (χ1) is 10.9. The van der Waals surface area contributed by atoms with E-state index in [2.05, 4.69) is 60.7 Å². The van der Waals surface area contributed by atoms with Crippen LogP contribution in [-0.2, 0) is 12.4 Å². The molecule has 7 heteroatoms. The fourth-order valence-electron chi connectivity index (χ4n) is 1.72. The lowest BCUT2D eigenvalue weighted by atomic mass is 10.0. The van der Waals surface area contributed by atoms with Gasteiger partial charge in [0.1, 0.15) is 0 Å². The standard InChI is InChI=1S/C9H11I.C8H4F6/c1-7(2)8-3-5-9(10)6-4-8;9-7(10,11)5-2-1-3-6(4-5)8(12,13)14/h3-7H,1-2H3;1-4H. The second kappa shape index (κ2) is 8.22. The van der Waals surface area contributed by atoms with Gasteiger partial charge in [-0.3, -0.25) is 0 Å². The largest absolute Gasteiger partial charge is 0.416 e. The summed E-state index contributed by atoms with van der Waals surface area (Å²) in [6, 6.07) is 10.7. The zero-order valence-corrected chi connectivity index (χ0v) is 15.0. The summed E-state index contributed by atoms with van der Waals surface area (Å²) < 4.78 is 73.2. The van der Waals surface area contributed by atoms with Crippen molar-refractivity contribution in [2.45, 2.75) is 32.1 Å². The summed E-state index contributed by atoms with van der Waals surface area (Å²) in [6.45, 7) is 4.42. The molecular weight excluding hydrogens is 445 g/mol. The van der Waals surface area contributed by atoms with Crippen LogP contribution in [0.2, 0.25) is 0 Å². The van der Waals surface area contributed by atoms with E-state index in [-0.39, 0.29) is 6.07 Å². The van der Waals surface area contributed by atoms with Gasteiger partial charge in [-0.25, -0.2) is 0 Å². The highest BCUT2D eigenvalue weighted by Gasteiger charge is 2.35. The molecule has 132 valence electrons. The fourth-order valence-corrected chi connectivity index (χ4v) is 2.08. The zero-order valence-electron chi connectivity index (χ0n) is 12.8. The van der Waals surface area contributed by atoms with Crippen LogP contribution in [0.25, 0.3) is 0 Å². The van der Waals surface area contributed by atoms with E-state index >= 15 is 0 Å². The molecule has 2 rings (SSSR count). The normalized spacial score (nSPS) is 11.9. The van der Waals surface area contributed by atoms with Crippen molar-refractivity contribution in [1.29, 1.82) is 0 Å². The van der Waals surface area contributed by atoms with E-state index in [1.807, 2.05) is 0 Å². The van der Waals surface area contributed by atoms with E-state index in [9.17, 15) is 26.3 Å². The molecule has 0 saturated carbocycles. The molecule has 0 heterocycles. The molecule has 0 aromatic heterocycles. The van der Waals surface area contributed by atoms with Crippen molar-refractivity contribution in [1.82, 2.24) is 0 Å². The van der Waals surface area contributed by atoms with Gasteiger partial charge in [0.15, 0.2) is 0 Å². The van der Waals surface area contributed by atoms with Gasteiger partial charge in [-0.15, -0.1) is 0 Å². The van der Waals surface area contributed by atoms with Crippen molar-refractivity contribution in [3.05, 3.63) is 68.8 Å². The Kier molecular flexibility index (Phi) is 7.12. The molecule has 24 heavy (non-hydrogen) atoms. The highest BCUT2D eigenvalue weighted by molar-refractivity contribution is 14.1. The Balaban J connectivity index is 0.000000254. The highest BCUT2D eigenvalue weighted by Crippen LogP contribution is 2.34. The van der Waals surface area contributed by atoms with Crippen LogP contribution in [0.4, 0.5) is 26.3 Å². The Morgan fingerprint density at radius 2 is 1.17 bits per heavy atom. The molecule has 0 radical (unpaired) electrons. The third-order valence-electron chi connectivity index (χ3n) is 3.05. The minimum absolute atomic E-state index is 0.0833. The topological polar surface area (TPSA) is 0 Å². The molecule has 0 saturated heterocycles. The van der Waals surface area contributed by atoms with Crippen molar-refractivity contribution in [2.24, 2.45) is 0 Å². The second-order valence-corrected chi connectivity index (χ2v) is 6.53. The lowest BCUT2D eigenvalue weighted by Crippen LogP contribution is -2.09. The Bertz CT molecular complexity index is 612. The Morgan fingerprint density at radius 1 is 0.750 bits per heavy atom. The maximum absolute atomic E-state index is 12.0. The molecule has 0 amide bonds. The molecule has 0 aliphatic rings. The van der Waals surface area contributed by atoms with Crippen LogP contribution in [0.15, 0.2) is 48.5 Å². The predicted octanol–water partition coefficient (Wildman–Crippen LogP) is 7.14. The number of rotatable bonds is 1. The van der Waals surface area contributed by atoms with Crippen LogP contribution in [-0.4, -0.2) is 0 Å². The minimum Gasteiger partial charge on any atom is -0.166 e. The van der Waals surface area contributed by atoms with Crippen LogP contribution >= 0.6 is 22.6 Å². The van der Waals surface area contributed by atoms with Crippen molar-refractivity contribution in [3.8, 4) is 0 Å². The first-order valence-corrected chi connectivity index (χ1v) is 7.99. The van der Waals surface area contributed by atoms with E-state index < -0.39 is 23.5 Å². The molecule has 0 unspecified atom stereocenters. The molecule has 0 aliphatic carbocycles. The summed E-state index contributed by atoms with van der Waals surface area (Å²) in [6.07, 6.45) is -9.50. The monoisotopic (exact) mass is 460 g/mol. The smallest absolute Gasteiger partial charge is 0.166 e. The van der Waals surface area contributed by atoms with Crippen LogP contribution in [0.1, 0.15) is 36.5 Å². The van der Waals surface area contributed by atoms with E-state index in [1.54, 1.807) is 0 Å². The van der Waals surface area contributed by atoms with E-state index in [0.29, 0.717) is 18.1 Å². The Labute approximate surface area is 150 Å². The lowest BCUT2D eigenvalue weighted by Gasteiger charge is -2.10. The molecule has 0 N–H and O–H groups in total. The zero-order chi connectivity index (χ0) is 18.5. The van der Waals surface area contributed by atoms with Crippen molar-refractivity contribution in [3.63, 3.8) is 0 Å². The summed E-state index contributed by atoms with van der Waals surface area (Å²) in [4.78, 5) is 0. The number of benzene rings is 2. The number of alkyl halides is 6. The summed E-state index contributed by atoms with van der Waals surface area (Å²) >= 11 is 2.32. The van der Waals surface area contributed by atoms with Gasteiger partial charge in [-0.1, -0.05) is 32.0 Å². The first-order valence-electron chi connectivity index (χ1n) is 6.91. The van der Waals surface area contributed by atoms with Crippen LogP contribution in [0.5, 0.6) is 0 Å². The predicted molar refractivity (Wildman–Crippen MR) is 89.7 cm³/mol. The molecule has 0 nitrogen and oxygen atoms in total. The third kappa shape index (κ3) is 6.70. The summed E-state index contributed by atoms with van der Waals surface area (Å²) in [5.41, 5.74) is -1.18. The Morgan fingerprint density at radius 3 is 1.50 bits per heavy atom. The number of halogens is 7. The minimum atomic E-state index is -4.75. The van der Waals surface area contributed by atoms with Gasteiger partial charge in [-0.05, 0) is 64.4 Å². The molecule has 0 aliphatic heterocycles. The third-order valence-corrected chi connectivity index (χ3v) is 3.77. The lowest BCUT2D eigenvalue weighted by molar-refractivity contribution is -0.143. The van der Waals surface area contributed by atoms with Crippen LogP contribution in [0, 0.1) is 3.57 Å². The second-order valence-electron chi connectivity index (χ2n) is 5.28. The van der Waals surface area contributed by atoms with Gasteiger partial charge in [0.25, 0.3) is 0 Å². The van der Waals surface area contributed by atoms with Gasteiger partial charge in [0.2, 0.25) is 0 Å². The molecular formula is C17H15F6I.